The number of rotatable bonds is 18. The Labute approximate surface area is 202 Å². The van der Waals surface area contributed by atoms with Crippen molar-refractivity contribution in [2.24, 2.45) is 0 Å². The van der Waals surface area contributed by atoms with E-state index in [4.69, 9.17) is 23.6 Å². The summed E-state index contributed by atoms with van der Waals surface area (Å²) in [5, 5.41) is 21.4. The van der Waals surface area contributed by atoms with Crippen LogP contribution in [0, 0.1) is 6.92 Å². The Hall–Kier alpha value is -1.68. The second-order valence-corrected chi connectivity index (χ2v) is 10.5. The maximum absolute atomic E-state index is 12.4. The number of quaternary nitrogens is 1. The van der Waals surface area contributed by atoms with Crippen molar-refractivity contribution in [3.05, 3.63) is 23.8 Å². The van der Waals surface area contributed by atoms with Crippen LogP contribution in [0.25, 0.3) is 0 Å². The molecule has 0 amide bonds. The lowest BCUT2D eigenvalue weighted by atomic mass is 10.2. The molecule has 196 valence electrons. The third-order valence-electron chi connectivity index (χ3n) is 4.83. The van der Waals surface area contributed by atoms with E-state index >= 15 is 0 Å². The molecule has 10 nitrogen and oxygen atoms in total. The molecule has 0 saturated heterocycles. The molecule has 0 aliphatic carbocycles. The molecular weight excluding hydrogens is 465 g/mol. The van der Waals surface area contributed by atoms with Crippen molar-refractivity contribution in [3.63, 3.8) is 0 Å². The molecule has 11 heteroatoms. The molecular formula is C23H40NO9P. The zero-order valence-corrected chi connectivity index (χ0v) is 21.8. The number of likely N-dealkylation sites (N-methyl/N-ethyl adjacent to an activating group) is 1. The first-order chi connectivity index (χ1) is 15.8. The van der Waals surface area contributed by atoms with E-state index in [1.165, 1.54) is 0 Å². The minimum absolute atomic E-state index is 0.107. The van der Waals surface area contributed by atoms with Crippen LogP contribution in [-0.4, -0.2) is 73.7 Å². The zero-order chi connectivity index (χ0) is 25.8. The molecule has 1 aromatic rings. The van der Waals surface area contributed by atoms with Crippen LogP contribution < -0.4 is 14.6 Å². The normalized spacial score (nSPS) is 15.4. The molecule has 0 radical (unpaired) electrons. The van der Waals surface area contributed by atoms with Gasteiger partial charge in [-0.2, -0.15) is 0 Å². The summed E-state index contributed by atoms with van der Waals surface area (Å²) in [6, 6.07) is 5.69. The van der Waals surface area contributed by atoms with Gasteiger partial charge in [0, 0.05) is 12.3 Å². The second kappa shape index (κ2) is 14.7. The fourth-order valence-electron chi connectivity index (χ4n) is 3.06. The van der Waals surface area contributed by atoms with Gasteiger partial charge in [-0.3, -0.25) is 13.8 Å². The third kappa shape index (κ3) is 12.7. The van der Waals surface area contributed by atoms with Crippen LogP contribution in [0.1, 0.15) is 51.0 Å². The number of benzene rings is 1. The van der Waals surface area contributed by atoms with Gasteiger partial charge in [-0.15, -0.1) is 0 Å². The number of nitrogens with zero attached hydrogens (tertiary/aromatic N) is 1. The molecule has 0 bridgehead atoms. The summed E-state index contributed by atoms with van der Waals surface area (Å²) in [5.41, 5.74) is 1.02. The summed E-state index contributed by atoms with van der Waals surface area (Å²) in [7, 11) is 0.0564. The summed E-state index contributed by atoms with van der Waals surface area (Å²) in [4.78, 5) is 21.0. The Balaban J connectivity index is 2.44. The summed E-state index contributed by atoms with van der Waals surface area (Å²) in [5.74, 6) is 0.136. The van der Waals surface area contributed by atoms with E-state index in [-0.39, 0.29) is 11.1 Å². The number of aliphatic carboxylic acids is 1. The number of carbonyl (C=O) groups is 1. The zero-order valence-electron chi connectivity index (χ0n) is 20.9. The number of carboxylic acids is 1. The number of hydrogen-bond donors (Lipinski definition) is 2. The number of phosphoric ester groups is 1. The molecule has 0 aliphatic heterocycles. The first kappa shape index (κ1) is 30.4. The number of unbranched alkanes of at least 4 members (excludes halogenated alkanes) is 3. The van der Waals surface area contributed by atoms with Crippen LogP contribution in [-0.2, 0) is 18.4 Å². The van der Waals surface area contributed by atoms with Gasteiger partial charge in [-0.1, -0.05) is 19.8 Å². The van der Waals surface area contributed by atoms with Crippen molar-refractivity contribution in [3.8, 4) is 11.5 Å². The van der Waals surface area contributed by atoms with E-state index in [1.807, 2.05) is 25.1 Å². The Morgan fingerprint density at radius 2 is 1.56 bits per heavy atom. The van der Waals surface area contributed by atoms with Gasteiger partial charge in [-0.25, -0.2) is 4.57 Å². The summed E-state index contributed by atoms with van der Waals surface area (Å²) in [6.45, 7) is 5.02. The van der Waals surface area contributed by atoms with Crippen molar-refractivity contribution in [2.45, 2.75) is 64.7 Å². The van der Waals surface area contributed by atoms with Crippen LogP contribution >= 0.6 is 7.82 Å². The molecule has 0 saturated carbocycles. The van der Waals surface area contributed by atoms with Gasteiger partial charge < -0.3 is 29.1 Å². The maximum atomic E-state index is 12.4. The van der Waals surface area contributed by atoms with E-state index in [0.717, 1.165) is 30.6 Å². The monoisotopic (exact) mass is 505 g/mol. The summed E-state index contributed by atoms with van der Waals surface area (Å²) >= 11 is 0. The average Bonchev–Trinajstić information content (AvgIpc) is 2.71. The first-order valence-electron chi connectivity index (χ1n) is 11.6. The maximum Gasteiger partial charge on any atom is 0.472 e. The van der Waals surface area contributed by atoms with Crippen LogP contribution in [0.2, 0.25) is 0 Å². The highest BCUT2D eigenvalue weighted by Gasteiger charge is 2.34. The Bertz CT molecular complexity index is 797. The topological polar surface area (TPSA) is 135 Å². The highest BCUT2D eigenvalue weighted by Crippen LogP contribution is 2.45. The molecule has 1 rings (SSSR count). The first-order valence-corrected chi connectivity index (χ1v) is 13.1. The predicted octanol–water partition coefficient (Wildman–Crippen LogP) is 3.09. The number of carboxylic acid groups (broad SMARTS) is 1. The molecule has 0 aromatic heterocycles. The van der Waals surface area contributed by atoms with Gasteiger partial charge in [0.05, 0.1) is 47.4 Å². The van der Waals surface area contributed by atoms with Gasteiger partial charge in [0.15, 0.2) is 0 Å². The van der Waals surface area contributed by atoms with Crippen molar-refractivity contribution >= 4 is 13.8 Å². The van der Waals surface area contributed by atoms with Gasteiger partial charge in [0.2, 0.25) is 0 Å². The van der Waals surface area contributed by atoms with Crippen molar-refractivity contribution in [2.75, 3.05) is 41.0 Å². The molecule has 0 aliphatic rings. The number of phosphoric acid groups is 1. The van der Waals surface area contributed by atoms with Crippen LogP contribution in [0.4, 0.5) is 0 Å². The Morgan fingerprint density at radius 3 is 2.06 bits per heavy atom. The minimum Gasteiger partial charge on any atom is -0.804 e. The number of hydrogen-bond acceptors (Lipinski definition) is 7. The minimum atomic E-state index is -4.59. The van der Waals surface area contributed by atoms with E-state index in [1.54, 1.807) is 21.1 Å². The van der Waals surface area contributed by atoms with E-state index in [9.17, 15) is 19.4 Å². The van der Waals surface area contributed by atoms with E-state index in [2.05, 4.69) is 6.92 Å². The highest BCUT2D eigenvalue weighted by atomic mass is 31.2. The highest BCUT2D eigenvalue weighted by molar-refractivity contribution is 7.47. The molecule has 2 unspecified atom stereocenters. The SMILES string of the molecule is CCCCCOc1cc(C)cc(OCCCCOP(=O)(O)O[C@H](CC(=O)O)C([O-])[N+](C)(C)C)c1. The smallest absolute Gasteiger partial charge is 0.472 e. The predicted molar refractivity (Wildman–Crippen MR) is 126 cm³/mol. The van der Waals surface area contributed by atoms with E-state index in [0.29, 0.717) is 31.8 Å². The average molecular weight is 506 g/mol. The summed E-state index contributed by atoms with van der Waals surface area (Å²) < 4.78 is 33.4. The fraction of sp³-hybridized carbons (Fsp3) is 0.696. The van der Waals surface area contributed by atoms with Crippen LogP contribution in [0.5, 0.6) is 11.5 Å². The number of aryl methyl sites for hydroxylation is 1. The lowest BCUT2D eigenvalue weighted by Crippen LogP contribution is -2.60. The van der Waals surface area contributed by atoms with Gasteiger partial charge in [0.1, 0.15) is 17.6 Å². The van der Waals surface area contributed by atoms with Crippen molar-refractivity contribution in [1.82, 2.24) is 0 Å². The van der Waals surface area contributed by atoms with Gasteiger partial charge in [0.25, 0.3) is 0 Å². The largest absolute Gasteiger partial charge is 0.804 e. The Kier molecular flexibility index (Phi) is 13.1. The molecule has 0 spiro atoms. The molecule has 0 fully saturated rings. The fourth-order valence-corrected chi connectivity index (χ4v) is 4.00. The van der Waals surface area contributed by atoms with E-state index < -0.39 is 32.5 Å². The third-order valence-corrected chi connectivity index (χ3v) is 5.87. The van der Waals surface area contributed by atoms with Crippen molar-refractivity contribution < 1.29 is 47.5 Å². The number of ether oxygens (including phenoxy) is 2. The molecule has 2 N–H and O–H groups in total. The molecule has 3 atom stereocenters. The Morgan fingerprint density at radius 1 is 1.03 bits per heavy atom. The van der Waals surface area contributed by atoms with Crippen LogP contribution in [0.15, 0.2) is 18.2 Å². The molecule has 0 heterocycles. The lowest BCUT2D eigenvalue weighted by molar-refractivity contribution is -0.973. The second-order valence-electron chi connectivity index (χ2n) is 9.14. The molecule has 1 aromatic carbocycles. The lowest BCUT2D eigenvalue weighted by Gasteiger charge is -2.42. The molecule has 34 heavy (non-hydrogen) atoms. The quantitative estimate of drug-likeness (QED) is 0.134. The van der Waals surface area contributed by atoms with Crippen LogP contribution in [0.3, 0.4) is 0 Å². The van der Waals surface area contributed by atoms with Crippen molar-refractivity contribution in [1.29, 1.82) is 0 Å². The standard InChI is InChI=1S/C23H40NO9P/c1-6-7-8-11-30-19-14-18(2)15-20(16-19)31-12-9-10-13-32-34(28,29)33-21(17-22(25)26)23(27)24(3,4)5/h14-16,21,23H,6-13,17H2,1-5H3,(H,25,26)(H,28,29)/t21-,23?/m1/s1. The van der Waals surface area contributed by atoms with Gasteiger partial charge >= 0.3 is 13.8 Å². The summed E-state index contributed by atoms with van der Waals surface area (Å²) in [6.07, 6.45) is 0.400. The van der Waals surface area contributed by atoms with Gasteiger partial charge in [-0.05, 0) is 43.9 Å².